The van der Waals surface area contributed by atoms with Gasteiger partial charge in [-0.05, 0) is 39.5 Å². The van der Waals surface area contributed by atoms with E-state index in [-0.39, 0.29) is 5.41 Å². The van der Waals surface area contributed by atoms with Gasteiger partial charge in [0.2, 0.25) is 0 Å². The van der Waals surface area contributed by atoms with E-state index in [0.717, 1.165) is 18.3 Å². The SMILES string of the molecule is CC(C)(C)OC(=O)C1(F)CC2(C)C[C-]1C1C3CCC(C3)C12.[Rf].[Rf]. The standard InChI is InChI=1S/C18H26FO2.2Rf/c1-16(2,3)21-15(20)18(19)9-17(4)8-12(18)13-10-5-6-11(7-10)14(13)17;;/h10-11,13-14H,5-9H2,1-4H3;;/q-1;;. The number of carbonyl (C=O) groups excluding carboxylic acids is 1. The second-order valence-electron chi connectivity index (χ2n) is 9.22. The fourth-order valence-electron chi connectivity index (χ4n) is 6.28. The third-order valence-corrected chi connectivity index (χ3v) is 6.60. The predicted molar refractivity (Wildman–Crippen MR) is 78.1 cm³/mol. The Balaban J connectivity index is 0.000000960. The van der Waals surface area contributed by atoms with E-state index in [2.05, 4.69) is 6.92 Å². The Bertz CT molecular complexity index is 506. The molecule has 0 heterocycles. The molecule has 4 fully saturated rings. The Morgan fingerprint density at radius 2 is 1.83 bits per heavy atom. The summed E-state index contributed by atoms with van der Waals surface area (Å²) in [6.07, 6.45) is 4.98. The molecular weight excluding hydrogens is 801 g/mol. The molecule has 2 nitrogen and oxygen atoms in total. The minimum Gasteiger partial charge on any atom is -0.460 e. The van der Waals surface area contributed by atoms with E-state index in [4.69, 9.17) is 4.74 Å². The van der Waals surface area contributed by atoms with Crippen molar-refractivity contribution in [3.63, 3.8) is 0 Å². The molecule has 6 unspecified atom stereocenters. The van der Waals surface area contributed by atoms with E-state index in [1.54, 1.807) is 0 Å². The summed E-state index contributed by atoms with van der Waals surface area (Å²) in [5.74, 6) is 2.68. The van der Waals surface area contributed by atoms with Gasteiger partial charge in [-0.3, -0.25) is 15.1 Å². The Hall–Kier alpha value is -2.60. The van der Waals surface area contributed by atoms with E-state index in [1.165, 1.54) is 19.3 Å². The third-order valence-electron chi connectivity index (χ3n) is 6.60. The molecule has 4 aliphatic rings. The van der Waals surface area contributed by atoms with E-state index in [0.29, 0.717) is 24.2 Å². The third kappa shape index (κ3) is 1.85. The van der Waals surface area contributed by atoms with Crippen molar-refractivity contribution in [3.8, 4) is 0 Å². The van der Waals surface area contributed by atoms with Crippen LogP contribution in [0.4, 0.5) is 4.39 Å². The molecule has 0 radical (unpaired) electrons. The number of esters is 1. The maximum absolute atomic E-state index is 15.6. The Labute approximate surface area is 126 Å². The zero-order valence-electron chi connectivity index (χ0n) is 15.0. The van der Waals surface area contributed by atoms with Gasteiger partial charge in [0.25, 0.3) is 0 Å². The first-order valence-electron chi connectivity index (χ1n) is 8.43. The summed E-state index contributed by atoms with van der Waals surface area (Å²) in [5.41, 5.74) is -2.44. The number of hydrogen-bond donors (Lipinski definition) is 0. The van der Waals surface area contributed by atoms with Gasteiger partial charge in [-0.15, -0.1) is 0 Å². The first-order chi connectivity index (χ1) is 9.64. The number of carbonyl (C=O) groups is 1. The van der Waals surface area contributed by atoms with Crippen molar-refractivity contribution in [2.24, 2.45) is 29.1 Å². The zero-order chi connectivity index (χ0) is 15.2. The molecular formula is C18H26FO2Rf2-. The van der Waals surface area contributed by atoms with Gasteiger partial charge in [-0.2, -0.15) is 12.3 Å². The van der Waals surface area contributed by atoms with E-state index in [9.17, 15) is 4.79 Å². The van der Waals surface area contributed by atoms with Crippen molar-refractivity contribution in [3.05, 3.63) is 5.92 Å². The molecule has 0 spiro atoms. The summed E-state index contributed by atoms with van der Waals surface area (Å²) < 4.78 is 21.0. The smallest absolute Gasteiger partial charge is 0.312 e. The molecule has 4 bridgehead atoms. The van der Waals surface area contributed by atoms with Gasteiger partial charge in [0.15, 0.2) is 0 Å². The molecule has 122 valence electrons. The summed E-state index contributed by atoms with van der Waals surface area (Å²) in [7, 11) is 0. The number of alkyl halides is 1. The quantitative estimate of drug-likeness (QED) is 0.227. The van der Waals surface area contributed by atoms with Gasteiger partial charge in [0.1, 0.15) is 5.60 Å². The largest absolute Gasteiger partial charge is 0.460 e. The van der Waals surface area contributed by atoms with Crippen LogP contribution in [0.25, 0.3) is 0 Å². The molecule has 4 rings (SSSR count). The number of rotatable bonds is 1. The van der Waals surface area contributed by atoms with Crippen molar-refractivity contribution < 1.29 is 13.9 Å². The van der Waals surface area contributed by atoms with Crippen molar-refractivity contribution >= 4 is 5.97 Å². The molecule has 0 aromatic carbocycles. The van der Waals surface area contributed by atoms with Gasteiger partial charge in [-0.25, -0.2) is 0 Å². The number of ether oxygens (including phenoxy) is 1. The van der Waals surface area contributed by atoms with E-state index >= 15 is 4.39 Å². The molecule has 5 heteroatoms. The van der Waals surface area contributed by atoms with Crippen LogP contribution < -0.4 is 0 Å². The minimum atomic E-state index is -1.81. The first-order valence-corrected chi connectivity index (χ1v) is 8.43. The molecule has 4 saturated carbocycles. The molecule has 6 atom stereocenters. The molecule has 0 aliphatic heterocycles. The van der Waals surface area contributed by atoms with Crippen molar-refractivity contribution in [1.29, 1.82) is 0 Å². The van der Waals surface area contributed by atoms with Crippen LogP contribution in [0, 0.1) is 35.0 Å². The van der Waals surface area contributed by atoms with Gasteiger partial charge >= 0.3 is 5.97 Å². The number of halogens is 1. The molecule has 0 aromatic heterocycles. The Morgan fingerprint density at radius 3 is 2.43 bits per heavy atom. The Kier molecular flexibility index (Phi) is 3.08. The molecule has 0 amide bonds. The van der Waals surface area contributed by atoms with Crippen LogP contribution in [-0.2, 0) is 9.53 Å². The van der Waals surface area contributed by atoms with Crippen LogP contribution in [0.1, 0.15) is 59.8 Å². The summed E-state index contributed by atoms with van der Waals surface area (Å²) in [5, 5.41) is 0. The van der Waals surface area contributed by atoms with Crippen molar-refractivity contribution in [2.45, 2.75) is 71.1 Å². The van der Waals surface area contributed by atoms with Crippen LogP contribution in [0.3, 0.4) is 0 Å². The van der Waals surface area contributed by atoms with Crippen LogP contribution in [0.2, 0.25) is 0 Å². The monoisotopic (exact) mass is 827 g/mol. The van der Waals surface area contributed by atoms with E-state index < -0.39 is 17.2 Å². The maximum Gasteiger partial charge on any atom is 0.312 e. The topological polar surface area (TPSA) is 26.3 Å². The average molecular weight is 827 g/mol. The predicted octanol–water partition coefficient (Wildman–Crippen LogP) is 4.09. The van der Waals surface area contributed by atoms with Crippen LogP contribution in [-0.4, -0.2) is 17.2 Å². The fraction of sp³-hybridized carbons (Fsp3) is 0.889. The molecule has 23 heavy (non-hydrogen) atoms. The van der Waals surface area contributed by atoms with Crippen LogP contribution in [0.5, 0.6) is 0 Å². The van der Waals surface area contributed by atoms with Crippen molar-refractivity contribution in [2.75, 3.05) is 0 Å². The summed E-state index contributed by atoms with van der Waals surface area (Å²) in [6, 6.07) is 0. The van der Waals surface area contributed by atoms with Gasteiger partial charge in [0.05, 0.1) is 5.67 Å². The summed E-state index contributed by atoms with van der Waals surface area (Å²) >= 11 is 0. The number of fused-ring (bicyclic) bond motifs is 9. The van der Waals surface area contributed by atoms with Gasteiger partial charge in [-0.1, -0.05) is 37.0 Å². The Morgan fingerprint density at radius 1 is 1.22 bits per heavy atom. The zero-order valence-corrected chi connectivity index (χ0v) is 27.8. The normalized spacial score (nSPS) is 47.0. The van der Waals surface area contributed by atoms with Gasteiger partial charge < -0.3 is 4.74 Å². The van der Waals surface area contributed by atoms with Gasteiger partial charge in [0, 0.05) is 0 Å². The summed E-state index contributed by atoms with van der Waals surface area (Å²) in [4.78, 5) is 12.5. The molecule has 0 aromatic rings. The second kappa shape index (κ2) is 4.23. The van der Waals surface area contributed by atoms with Crippen LogP contribution >= 0.6 is 0 Å². The maximum atomic E-state index is 15.6. The summed E-state index contributed by atoms with van der Waals surface area (Å²) in [6.45, 7) is 7.65. The van der Waals surface area contributed by atoms with E-state index in [1.807, 2.05) is 20.8 Å². The molecule has 0 saturated heterocycles. The first kappa shape index (κ1) is 16.8. The number of hydrogen-bond acceptors (Lipinski definition) is 2. The molecule has 0 N–H and O–H groups in total. The fourth-order valence-corrected chi connectivity index (χ4v) is 6.28. The minimum absolute atomic E-state index is 0. The second-order valence-corrected chi connectivity index (χ2v) is 9.22. The molecule has 4 aliphatic carbocycles. The average Bonchev–Trinajstić information content (AvgIpc) is 3.02. The van der Waals surface area contributed by atoms with Crippen LogP contribution in [0.15, 0.2) is 0 Å². The van der Waals surface area contributed by atoms with Crippen molar-refractivity contribution in [1.82, 2.24) is 0 Å².